The van der Waals surface area contributed by atoms with E-state index in [0.29, 0.717) is 37.6 Å². The Morgan fingerprint density at radius 1 is 1.16 bits per heavy atom. The molecule has 0 aromatic heterocycles. The molecule has 0 atom stereocenters. The Bertz CT molecular complexity index is 628. The molecule has 0 unspecified atom stereocenters. The van der Waals surface area contributed by atoms with Crippen LogP contribution in [0.4, 0.5) is 5.69 Å². The fraction of sp³-hybridized carbons (Fsp3) is 0.500. The smallest absolute Gasteiger partial charge is 0.287 e. The summed E-state index contributed by atoms with van der Waals surface area (Å²) in [7, 11) is 0. The van der Waals surface area contributed by atoms with Crippen LogP contribution in [-0.4, -0.2) is 55.2 Å². The number of Topliss-reactive ketones (excluding diaryl/α,β-unsaturated/α-hetero) is 1. The molecule has 7 heteroatoms. The SMILES string of the molecule is CCCCC(=O)C(=O)NCC(=O)N1CCN(c2cccc(Cl)c2)CC1. The Morgan fingerprint density at radius 3 is 2.52 bits per heavy atom. The van der Waals surface area contributed by atoms with E-state index in [2.05, 4.69) is 10.2 Å². The van der Waals surface area contributed by atoms with Crippen molar-refractivity contribution in [2.24, 2.45) is 0 Å². The average Bonchev–Trinajstić information content (AvgIpc) is 2.64. The number of anilines is 1. The highest BCUT2D eigenvalue weighted by atomic mass is 35.5. The van der Waals surface area contributed by atoms with Gasteiger partial charge in [0, 0.05) is 43.3 Å². The first kappa shape index (κ1) is 19.2. The van der Waals surface area contributed by atoms with Crippen molar-refractivity contribution in [2.45, 2.75) is 26.2 Å². The number of hydrogen-bond donors (Lipinski definition) is 1. The van der Waals surface area contributed by atoms with Crippen LogP contribution in [0.5, 0.6) is 0 Å². The number of hydrogen-bond acceptors (Lipinski definition) is 4. The van der Waals surface area contributed by atoms with Gasteiger partial charge in [-0.25, -0.2) is 0 Å². The third-order valence-corrected chi connectivity index (χ3v) is 4.45. The number of rotatable bonds is 7. The van der Waals surface area contributed by atoms with E-state index in [-0.39, 0.29) is 18.9 Å². The molecule has 1 aliphatic heterocycles. The zero-order chi connectivity index (χ0) is 18.2. The van der Waals surface area contributed by atoms with Crippen molar-refractivity contribution in [1.82, 2.24) is 10.2 Å². The third kappa shape index (κ3) is 5.74. The number of unbranched alkanes of at least 4 members (excludes halogenated alkanes) is 1. The molecule has 2 amide bonds. The van der Waals surface area contributed by atoms with Crippen LogP contribution in [-0.2, 0) is 14.4 Å². The molecule has 0 aliphatic carbocycles. The number of nitrogens with zero attached hydrogens (tertiary/aromatic N) is 2. The monoisotopic (exact) mass is 365 g/mol. The molecular formula is C18H24ClN3O3. The normalized spacial score (nSPS) is 14.3. The fourth-order valence-electron chi connectivity index (χ4n) is 2.70. The van der Waals surface area contributed by atoms with Gasteiger partial charge in [0.15, 0.2) is 0 Å². The zero-order valence-electron chi connectivity index (χ0n) is 14.5. The third-order valence-electron chi connectivity index (χ3n) is 4.22. The number of halogens is 1. The summed E-state index contributed by atoms with van der Waals surface area (Å²) in [4.78, 5) is 39.3. The summed E-state index contributed by atoms with van der Waals surface area (Å²) in [5, 5.41) is 3.11. The minimum absolute atomic E-state index is 0.131. The van der Waals surface area contributed by atoms with Crippen molar-refractivity contribution in [2.75, 3.05) is 37.6 Å². The van der Waals surface area contributed by atoms with E-state index < -0.39 is 11.7 Å². The molecule has 0 bridgehead atoms. The lowest BCUT2D eigenvalue weighted by Gasteiger charge is -2.36. The molecule has 6 nitrogen and oxygen atoms in total. The second-order valence-corrected chi connectivity index (χ2v) is 6.49. The summed E-state index contributed by atoms with van der Waals surface area (Å²) in [6, 6.07) is 7.63. The van der Waals surface area contributed by atoms with E-state index in [1.54, 1.807) is 4.90 Å². The van der Waals surface area contributed by atoms with Gasteiger partial charge in [-0.2, -0.15) is 0 Å². The standard InChI is InChI=1S/C18H24ClN3O3/c1-2-3-7-16(23)18(25)20-13-17(24)22-10-8-21(9-11-22)15-6-4-5-14(19)12-15/h4-6,12H,2-3,7-11,13H2,1H3,(H,20,25). The highest BCUT2D eigenvalue weighted by Crippen LogP contribution is 2.20. The van der Waals surface area contributed by atoms with Crippen LogP contribution in [0.25, 0.3) is 0 Å². The van der Waals surface area contributed by atoms with Crippen LogP contribution < -0.4 is 10.2 Å². The maximum absolute atomic E-state index is 12.2. The van der Waals surface area contributed by atoms with Crippen LogP contribution >= 0.6 is 11.6 Å². The fourth-order valence-corrected chi connectivity index (χ4v) is 2.89. The van der Waals surface area contributed by atoms with Gasteiger partial charge >= 0.3 is 0 Å². The predicted molar refractivity (Wildman–Crippen MR) is 97.8 cm³/mol. The summed E-state index contributed by atoms with van der Waals surface area (Å²) in [6.07, 6.45) is 1.77. The van der Waals surface area contributed by atoms with Crippen LogP contribution in [0.3, 0.4) is 0 Å². The van der Waals surface area contributed by atoms with Crippen molar-refractivity contribution >= 4 is 34.9 Å². The number of nitrogens with one attached hydrogen (secondary N) is 1. The molecule has 1 aromatic carbocycles. The molecular weight excluding hydrogens is 342 g/mol. The van der Waals surface area contributed by atoms with Crippen molar-refractivity contribution in [3.8, 4) is 0 Å². The largest absolute Gasteiger partial charge is 0.368 e. The molecule has 1 aliphatic rings. The highest BCUT2D eigenvalue weighted by Gasteiger charge is 2.22. The molecule has 0 radical (unpaired) electrons. The van der Waals surface area contributed by atoms with Crippen molar-refractivity contribution < 1.29 is 14.4 Å². The number of benzene rings is 1. The van der Waals surface area contributed by atoms with Gasteiger partial charge in [-0.15, -0.1) is 0 Å². The van der Waals surface area contributed by atoms with Gasteiger partial charge in [0.25, 0.3) is 5.91 Å². The highest BCUT2D eigenvalue weighted by molar-refractivity contribution is 6.36. The number of carbonyl (C=O) groups excluding carboxylic acids is 3. The Morgan fingerprint density at radius 2 is 1.88 bits per heavy atom. The van der Waals surface area contributed by atoms with Crippen molar-refractivity contribution in [3.63, 3.8) is 0 Å². The lowest BCUT2D eigenvalue weighted by atomic mass is 10.2. The topological polar surface area (TPSA) is 69.7 Å². The summed E-state index contributed by atoms with van der Waals surface area (Å²) in [5.74, 6) is -1.29. The van der Waals surface area contributed by atoms with Crippen molar-refractivity contribution in [3.05, 3.63) is 29.3 Å². The molecule has 1 fully saturated rings. The lowest BCUT2D eigenvalue weighted by molar-refractivity contribution is -0.139. The van der Waals surface area contributed by atoms with E-state index in [1.165, 1.54) is 0 Å². The summed E-state index contributed by atoms with van der Waals surface area (Å²) in [5.41, 5.74) is 1.04. The second kappa shape index (κ2) is 9.42. The van der Waals surface area contributed by atoms with Gasteiger partial charge < -0.3 is 15.1 Å². The number of carbonyl (C=O) groups is 3. The Labute approximate surface area is 153 Å². The molecule has 25 heavy (non-hydrogen) atoms. The summed E-state index contributed by atoms with van der Waals surface area (Å²) >= 11 is 6.01. The van der Waals surface area contributed by atoms with Gasteiger partial charge in [0.2, 0.25) is 11.7 Å². The number of piperazine rings is 1. The first-order valence-corrected chi connectivity index (χ1v) is 8.98. The average molecular weight is 366 g/mol. The molecule has 1 saturated heterocycles. The van der Waals surface area contributed by atoms with Gasteiger partial charge in [0.1, 0.15) is 0 Å². The van der Waals surface area contributed by atoms with E-state index in [1.807, 2.05) is 31.2 Å². The van der Waals surface area contributed by atoms with Crippen LogP contribution in [0.15, 0.2) is 24.3 Å². The first-order chi connectivity index (χ1) is 12.0. The minimum atomic E-state index is -0.667. The van der Waals surface area contributed by atoms with Gasteiger partial charge in [0.05, 0.1) is 6.54 Å². The lowest BCUT2D eigenvalue weighted by Crippen LogP contribution is -2.51. The quantitative estimate of drug-likeness (QED) is 0.749. The first-order valence-electron chi connectivity index (χ1n) is 8.60. The minimum Gasteiger partial charge on any atom is -0.368 e. The van der Waals surface area contributed by atoms with Crippen LogP contribution in [0.2, 0.25) is 5.02 Å². The van der Waals surface area contributed by atoms with Crippen molar-refractivity contribution in [1.29, 1.82) is 0 Å². The molecule has 0 spiro atoms. The van der Waals surface area contributed by atoms with Gasteiger partial charge in [-0.3, -0.25) is 14.4 Å². The molecule has 136 valence electrons. The second-order valence-electron chi connectivity index (χ2n) is 6.06. The maximum Gasteiger partial charge on any atom is 0.287 e. The van der Waals surface area contributed by atoms with E-state index in [9.17, 15) is 14.4 Å². The Kier molecular flexibility index (Phi) is 7.25. The van der Waals surface area contributed by atoms with E-state index >= 15 is 0 Å². The molecule has 1 heterocycles. The number of ketones is 1. The molecule has 2 rings (SSSR count). The molecule has 1 aromatic rings. The molecule has 1 N–H and O–H groups in total. The summed E-state index contributed by atoms with van der Waals surface area (Å²) in [6.45, 7) is 4.38. The van der Waals surface area contributed by atoms with E-state index in [0.717, 1.165) is 12.1 Å². The van der Waals surface area contributed by atoms with Crippen LogP contribution in [0.1, 0.15) is 26.2 Å². The Balaban J connectivity index is 1.75. The summed E-state index contributed by atoms with van der Waals surface area (Å²) < 4.78 is 0. The maximum atomic E-state index is 12.2. The predicted octanol–water partition coefficient (Wildman–Crippen LogP) is 1.86. The van der Waals surface area contributed by atoms with E-state index in [4.69, 9.17) is 11.6 Å². The molecule has 0 saturated carbocycles. The van der Waals surface area contributed by atoms with Crippen LogP contribution in [0, 0.1) is 0 Å². The number of amides is 2. The van der Waals surface area contributed by atoms with Gasteiger partial charge in [-0.05, 0) is 24.6 Å². The Hall–Kier alpha value is -2.08. The zero-order valence-corrected chi connectivity index (χ0v) is 15.2. The van der Waals surface area contributed by atoms with Gasteiger partial charge in [-0.1, -0.05) is 31.0 Å².